The Hall–Kier alpha value is -3.03. The summed E-state index contributed by atoms with van der Waals surface area (Å²) in [6, 6.07) is 6.54. The van der Waals surface area contributed by atoms with Crippen molar-refractivity contribution in [2.75, 3.05) is 23.1 Å². The fraction of sp³-hybridized carbons (Fsp3) is 0.353. The van der Waals surface area contributed by atoms with Gasteiger partial charge in [0.15, 0.2) is 0 Å². The number of aryl methyl sites for hydroxylation is 2. The summed E-state index contributed by atoms with van der Waals surface area (Å²) in [6.07, 6.45) is -0.532. The molecule has 2 amide bonds. The summed E-state index contributed by atoms with van der Waals surface area (Å²) >= 11 is 0. The van der Waals surface area contributed by atoms with Crippen LogP contribution in [0.4, 0.5) is 21.9 Å². The lowest BCUT2D eigenvalue weighted by Gasteiger charge is -2.16. The Kier molecular flexibility index (Phi) is 5.63. The van der Waals surface area contributed by atoms with Crippen LogP contribution in [-0.4, -0.2) is 34.9 Å². The lowest BCUT2D eigenvalue weighted by Crippen LogP contribution is -2.32. The van der Waals surface area contributed by atoms with Crippen molar-refractivity contribution in [2.45, 2.75) is 26.8 Å². The molecular weight excluding hydrogens is 322 g/mol. The molecule has 1 atom stereocenters. The largest absolute Gasteiger partial charge is 0.453 e. The van der Waals surface area contributed by atoms with Crippen molar-refractivity contribution in [1.29, 1.82) is 0 Å². The van der Waals surface area contributed by atoms with Crippen LogP contribution < -0.4 is 16.0 Å². The van der Waals surface area contributed by atoms with Crippen molar-refractivity contribution in [2.24, 2.45) is 7.05 Å². The number of rotatable bonds is 5. The summed E-state index contributed by atoms with van der Waals surface area (Å²) in [6.45, 7) is 5.53. The lowest BCUT2D eigenvalue weighted by molar-refractivity contribution is -0.116. The van der Waals surface area contributed by atoms with Gasteiger partial charge in [0.2, 0.25) is 5.91 Å². The first-order valence-electron chi connectivity index (χ1n) is 7.84. The minimum Gasteiger partial charge on any atom is -0.453 e. The second-order valence-corrected chi connectivity index (χ2v) is 5.72. The number of methoxy groups -OCH3 is 1. The Morgan fingerprint density at radius 2 is 1.72 bits per heavy atom. The molecule has 0 fully saturated rings. The van der Waals surface area contributed by atoms with Gasteiger partial charge in [0.05, 0.1) is 24.2 Å². The quantitative estimate of drug-likeness (QED) is 0.774. The molecule has 134 valence electrons. The lowest BCUT2D eigenvalue weighted by atomic mass is 10.2. The zero-order valence-corrected chi connectivity index (χ0v) is 15.0. The van der Waals surface area contributed by atoms with E-state index >= 15 is 0 Å². The smallest absolute Gasteiger partial charge is 0.411 e. The Labute approximate surface area is 146 Å². The summed E-state index contributed by atoms with van der Waals surface area (Å²) in [7, 11) is 3.14. The standard InChI is InChI=1S/C17H23N5O3/c1-10-15(12(3)22(4)21-10)20-16(23)11(2)18-13-6-8-14(9-7-13)19-17(24)25-5/h6-9,11,18H,1-5H3,(H,19,24)(H,20,23)/t11-/m1/s1. The van der Waals surface area contributed by atoms with Crippen LogP contribution in [0.15, 0.2) is 24.3 Å². The predicted molar refractivity (Wildman–Crippen MR) is 96.9 cm³/mol. The minimum absolute atomic E-state index is 0.157. The number of anilines is 3. The maximum absolute atomic E-state index is 12.4. The molecule has 25 heavy (non-hydrogen) atoms. The van der Waals surface area contributed by atoms with Crippen LogP contribution in [0.2, 0.25) is 0 Å². The third kappa shape index (κ3) is 4.50. The molecule has 0 saturated heterocycles. The molecule has 0 aliphatic carbocycles. The molecule has 2 rings (SSSR count). The third-order valence-corrected chi connectivity index (χ3v) is 3.85. The van der Waals surface area contributed by atoms with Crippen molar-refractivity contribution in [3.63, 3.8) is 0 Å². The van der Waals surface area contributed by atoms with E-state index in [0.717, 1.165) is 22.8 Å². The highest BCUT2D eigenvalue weighted by Gasteiger charge is 2.17. The molecule has 3 N–H and O–H groups in total. The monoisotopic (exact) mass is 345 g/mol. The molecule has 0 saturated carbocycles. The molecule has 0 radical (unpaired) electrons. The minimum atomic E-state index is -0.532. The average Bonchev–Trinajstić information content (AvgIpc) is 2.82. The third-order valence-electron chi connectivity index (χ3n) is 3.85. The predicted octanol–water partition coefficient (Wildman–Crippen LogP) is 2.65. The number of carbonyl (C=O) groups is 2. The first kappa shape index (κ1) is 18.3. The number of ether oxygens (including phenoxy) is 1. The maximum Gasteiger partial charge on any atom is 0.411 e. The summed E-state index contributed by atoms with van der Waals surface area (Å²) in [4.78, 5) is 23.6. The Bertz CT molecular complexity index is 767. The van der Waals surface area contributed by atoms with Crippen molar-refractivity contribution in [3.05, 3.63) is 35.7 Å². The van der Waals surface area contributed by atoms with Gasteiger partial charge in [0.25, 0.3) is 0 Å². The van der Waals surface area contributed by atoms with Crippen LogP contribution in [-0.2, 0) is 16.6 Å². The number of carbonyl (C=O) groups excluding carboxylic acids is 2. The number of nitrogens with one attached hydrogen (secondary N) is 3. The van der Waals surface area contributed by atoms with Gasteiger partial charge in [-0.1, -0.05) is 0 Å². The van der Waals surface area contributed by atoms with Crippen LogP contribution in [0.5, 0.6) is 0 Å². The van der Waals surface area contributed by atoms with E-state index in [1.807, 2.05) is 20.9 Å². The van der Waals surface area contributed by atoms with Gasteiger partial charge >= 0.3 is 6.09 Å². The second-order valence-electron chi connectivity index (χ2n) is 5.72. The molecule has 0 spiro atoms. The molecule has 1 aromatic carbocycles. The van der Waals surface area contributed by atoms with E-state index < -0.39 is 12.1 Å². The highest BCUT2D eigenvalue weighted by molar-refractivity contribution is 5.97. The Morgan fingerprint density at radius 3 is 2.24 bits per heavy atom. The first-order valence-corrected chi connectivity index (χ1v) is 7.84. The van der Waals surface area contributed by atoms with Crippen molar-refractivity contribution in [1.82, 2.24) is 9.78 Å². The van der Waals surface area contributed by atoms with Crippen molar-refractivity contribution in [3.8, 4) is 0 Å². The second kappa shape index (κ2) is 7.69. The summed E-state index contributed by atoms with van der Waals surface area (Å²) in [5.74, 6) is -0.157. The highest BCUT2D eigenvalue weighted by atomic mass is 16.5. The van der Waals surface area contributed by atoms with Gasteiger partial charge in [-0.05, 0) is 45.0 Å². The SMILES string of the molecule is COC(=O)Nc1ccc(N[C@H](C)C(=O)Nc2c(C)nn(C)c2C)cc1. The van der Waals surface area contributed by atoms with Crippen LogP contribution in [0, 0.1) is 13.8 Å². The number of hydrogen-bond acceptors (Lipinski definition) is 5. The van der Waals surface area contributed by atoms with Gasteiger partial charge in [-0.15, -0.1) is 0 Å². The molecule has 8 heteroatoms. The molecule has 8 nitrogen and oxygen atoms in total. The van der Waals surface area contributed by atoms with Crippen LogP contribution in [0.1, 0.15) is 18.3 Å². The topological polar surface area (TPSA) is 97.3 Å². The number of nitrogens with zero attached hydrogens (tertiary/aromatic N) is 2. The molecule has 1 heterocycles. The Morgan fingerprint density at radius 1 is 1.12 bits per heavy atom. The van der Waals surface area contributed by atoms with Crippen molar-refractivity contribution < 1.29 is 14.3 Å². The molecule has 1 aromatic heterocycles. The fourth-order valence-electron chi connectivity index (χ4n) is 2.32. The molecular formula is C17H23N5O3. The van der Waals surface area contributed by atoms with Gasteiger partial charge in [0, 0.05) is 18.4 Å². The van der Waals surface area contributed by atoms with Gasteiger partial charge in [-0.25, -0.2) is 4.79 Å². The van der Waals surface area contributed by atoms with E-state index in [0.29, 0.717) is 5.69 Å². The zero-order valence-electron chi connectivity index (χ0n) is 15.0. The number of amides is 2. The van der Waals surface area contributed by atoms with Crippen LogP contribution in [0.25, 0.3) is 0 Å². The van der Waals surface area contributed by atoms with E-state index in [1.165, 1.54) is 7.11 Å². The summed E-state index contributed by atoms with van der Waals surface area (Å²) in [5, 5.41) is 12.9. The van der Waals surface area contributed by atoms with Gasteiger partial charge in [-0.3, -0.25) is 14.8 Å². The Balaban J connectivity index is 1.97. The number of aromatic nitrogens is 2. The van der Waals surface area contributed by atoms with Crippen LogP contribution in [0.3, 0.4) is 0 Å². The van der Waals surface area contributed by atoms with Crippen LogP contribution >= 0.6 is 0 Å². The fourth-order valence-corrected chi connectivity index (χ4v) is 2.32. The zero-order chi connectivity index (χ0) is 18.6. The summed E-state index contributed by atoms with van der Waals surface area (Å²) in [5.41, 5.74) is 3.78. The van der Waals surface area contributed by atoms with Gasteiger partial charge in [-0.2, -0.15) is 5.10 Å². The van der Waals surface area contributed by atoms with E-state index in [1.54, 1.807) is 35.9 Å². The van der Waals surface area contributed by atoms with Crippen molar-refractivity contribution >= 4 is 29.1 Å². The number of hydrogen-bond donors (Lipinski definition) is 3. The summed E-state index contributed by atoms with van der Waals surface area (Å²) < 4.78 is 6.26. The number of benzene rings is 1. The van der Waals surface area contributed by atoms with Gasteiger partial charge in [0.1, 0.15) is 6.04 Å². The average molecular weight is 345 g/mol. The van der Waals surface area contributed by atoms with E-state index in [4.69, 9.17) is 0 Å². The van der Waals surface area contributed by atoms with E-state index in [2.05, 4.69) is 25.8 Å². The van der Waals surface area contributed by atoms with E-state index in [-0.39, 0.29) is 5.91 Å². The first-order chi connectivity index (χ1) is 11.8. The molecule has 0 aliphatic heterocycles. The van der Waals surface area contributed by atoms with Gasteiger partial charge < -0.3 is 15.4 Å². The highest BCUT2D eigenvalue weighted by Crippen LogP contribution is 2.19. The van der Waals surface area contributed by atoms with E-state index in [9.17, 15) is 9.59 Å². The molecule has 0 unspecified atom stereocenters. The maximum atomic E-state index is 12.4. The molecule has 0 bridgehead atoms. The molecule has 2 aromatic rings. The normalized spacial score (nSPS) is 11.6. The molecule has 0 aliphatic rings.